The highest BCUT2D eigenvalue weighted by Gasteiger charge is 2.33. The molecule has 168 valence electrons. The van der Waals surface area contributed by atoms with Gasteiger partial charge in [0.1, 0.15) is 23.6 Å². The molecule has 2 unspecified atom stereocenters. The zero-order valence-electron chi connectivity index (χ0n) is 18.2. The average molecular weight is 435 g/mol. The predicted molar refractivity (Wildman–Crippen MR) is 125 cm³/mol. The number of benzene rings is 2. The Hall–Kier alpha value is -3.54. The molecular formula is C26H30N2O4. The molecule has 2 aromatic rings. The Morgan fingerprint density at radius 3 is 1.41 bits per heavy atom. The molecule has 0 bridgehead atoms. The van der Waals surface area contributed by atoms with E-state index in [-0.39, 0.29) is 11.8 Å². The molecule has 0 aliphatic carbocycles. The van der Waals surface area contributed by atoms with Crippen molar-refractivity contribution in [1.82, 2.24) is 10.6 Å². The maximum atomic E-state index is 12.6. The standard InChI is InChI=1S/C26H30N2O4/c1-3-5-15-31-21-11-7-19(8-12-21)17-23-25(29)28-24(26(30)27-23)18-20-9-13-22(14-10-20)32-16-6-4-2/h3-4,7-14,23-24H,1-2,5-6,15-18H2,(H,27,30)(H,28,29). The minimum absolute atomic E-state index is 0.176. The molecule has 2 atom stereocenters. The zero-order chi connectivity index (χ0) is 22.8. The fourth-order valence-corrected chi connectivity index (χ4v) is 3.40. The molecular weight excluding hydrogens is 404 g/mol. The van der Waals surface area contributed by atoms with E-state index in [2.05, 4.69) is 23.8 Å². The van der Waals surface area contributed by atoms with Crippen molar-refractivity contribution in [2.45, 2.75) is 37.8 Å². The van der Waals surface area contributed by atoms with Gasteiger partial charge in [-0.25, -0.2) is 0 Å². The summed E-state index contributed by atoms with van der Waals surface area (Å²) in [7, 11) is 0. The minimum atomic E-state index is -0.591. The van der Waals surface area contributed by atoms with Gasteiger partial charge in [0, 0.05) is 12.8 Å². The van der Waals surface area contributed by atoms with E-state index >= 15 is 0 Å². The molecule has 2 aromatic carbocycles. The molecule has 1 aliphatic heterocycles. The van der Waals surface area contributed by atoms with Crippen LogP contribution in [0.15, 0.2) is 73.8 Å². The van der Waals surface area contributed by atoms with E-state index in [9.17, 15) is 9.59 Å². The third-order valence-electron chi connectivity index (χ3n) is 5.17. The van der Waals surface area contributed by atoms with Crippen LogP contribution >= 0.6 is 0 Å². The van der Waals surface area contributed by atoms with Crippen molar-refractivity contribution >= 4 is 11.8 Å². The molecule has 1 fully saturated rings. The van der Waals surface area contributed by atoms with Gasteiger partial charge in [-0.05, 0) is 48.2 Å². The smallest absolute Gasteiger partial charge is 0.243 e. The Labute approximate surface area is 189 Å². The van der Waals surface area contributed by atoms with E-state index in [1.807, 2.05) is 48.5 Å². The second kappa shape index (κ2) is 11.7. The number of carbonyl (C=O) groups excluding carboxylic acids is 2. The van der Waals surface area contributed by atoms with Crippen molar-refractivity contribution in [1.29, 1.82) is 0 Å². The van der Waals surface area contributed by atoms with Crippen LogP contribution in [0.2, 0.25) is 0 Å². The van der Waals surface area contributed by atoms with Crippen molar-refractivity contribution in [2.24, 2.45) is 0 Å². The van der Waals surface area contributed by atoms with Crippen LogP contribution in [0.5, 0.6) is 11.5 Å². The van der Waals surface area contributed by atoms with E-state index < -0.39 is 12.1 Å². The predicted octanol–water partition coefficient (Wildman–Crippen LogP) is 3.36. The highest BCUT2D eigenvalue weighted by molar-refractivity contribution is 5.97. The van der Waals surface area contributed by atoms with Crippen molar-refractivity contribution in [2.75, 3.05) is 13.2 Å². The van der Waals surface area contributed by atoms with Gasteiger partial charge in [-0.1, -0.05) is 36.4 Å². The summed E-state index contributed by atoms with van der Waals surface area (Å²) < 4.78 is 11.2. The Bertz CT molecular complexity index is 844. The van der Waals surface area contributed by atoms with Gasteiger partial charge in [-0.3, -0.25) is 9.59 Å². The molecule has 6 heteroatoms. The lowest BCUT2D eigenvalue weighted by Gasteiger charge is -2.29. The van der Waals surface area contributed by atoms with Crippen LogP contribution in [-0.4, -0.2) is 37.1 Å². The topological polar surface area (TPSA) is 76.7 Å². The molecule has 1 saturated heterocycles. The number of piperazine rings is 1. The number of rotatable bonds is 12. The van der Waals surface area contributed by atoms with E-state index in [0.717, 1.165) is 35.5 Å². The first kappa shape index (κ1) is 23.1. The molecule has 0 aromatic heterocycles. The van der Waals surface area contributed by atoms with Crippen LogP contribution in [0.3, 0.4) is 0 Å². The molecule has 1 aliphatic rings. The monoisotopic (exact) mass is 434 g/mol. The van der Waals surface area contributed by atoms with Gasteiger partial charge in [0.05, 0.1) is 13.2 Å². The van der Waals surface area contributed by atoms with Gasteiger partial charge in [-0.15, -0.1) is 13.2 Å². The molecule has 2 amide bonds. The third-order valence-corrected chi connectivity index (χ3v) is 5.17. The van der Waals surface area contributed by atoms with Crippen LogP contribution < -0.4 is 20.1 Å². The maximum absolute atomic E-state index is 12.6. The molecule has 3 rings (SSSR count). The lowest BCUT2D eigenvalue weighted by atomic mass is 9.98. The Balaban J connectivity index is 1.50. The number of nitrogens with one attached hydrogen (secondary N) is 2. The summed E-state index contributed by atoms with van der Waals surface area (Å²) in [5.41, 5.74) is 1.90. The van der Waals surface area contributed by atoms with Gasteiger partial charge in [0.2, 0.25) is 11.8 Å². The molecule has 0 radical (unpaired) electrons. The van der Waals surface area contributed by atoms with E-state index in [1.54, 1.807) is 12.2 Å². The molecule has 0 spiro atoms. The summed E-state index contributed by atoms with van der Waals surface area (Å²) in [6, 6.07) is 13.9. The van der Waals surface area contributed by atoms with E-state index in [4.69, 9.17) is 9.47 Å². The molecule has 1 heterocycles. The zero-order valence-corrected chi connectivity index (χ0v) is 18.2. The highest BCUT2D eigenvalue weighted by atomic mass is 16.5. The quantitative estimate of drug-likeness (QED) is 0.397. The van der Waals surface area contributed by atoms with Crippen molar-refractivity contribution in [3.05, 3.63) is 85.0 Å². The lowest BCUT2D eigenvalue weighted by Crippen LogP contribution is -2.62. The fraction of sp³-hybridized carbons (Fsp3) is 0.308. The second-order valence-electron chi connectivity index (χ2n) is 7.67. The average Bonchev–Trinajstić information content (AvgIpc) is 2.80. The van der Waals surface area contributed by atoms with Crippen molar-refractivity contribution in [3.63, 3.8) is 0 Å². The SMILES string of the molecule is C=CCCOc1ccc(CC2NC(=O)C(Cc3ccc(OCCC=C)cc3)NC2=O)cc1. The molecule has 32 heavy (non-hydrogen) atoms. The Morgan fingerprint density at radius 2 is 1.06 bits per heavy atom. The van der Waals surface area contributed by atoms with Crippen molar-refractivity contribution in [3.8, 4) is 11.5 Å². The number of ether oxygens (including phenoxy) is 2. The number of hydrogen-bond acceptors (Lipinski definition) is 4. The van der Waals surface area contributed by atoms with Gasteiger partial charge in [-0.2, -0.15) is 0 Å². The maximum Gasteiger partial charge on any atom is 0.243 e. The molecule has 2 N–H and O–H groups in total. The summed E-state index contributed by atoms with van der Waals surface area (Å²) in [5.74, 6) is 1.19. The minimum Gasteiger partial charge on any atom is -0.493 e. The van der Waals surface area contributed by atoms with Crippen LogP contribution in [0, 0.1) is 0 Å². The van der Waals surface area contributed by atoms with Crippen molar-refractivity contribution < 1.29 is 19.1 Å². The van der Waals surface area contributed by atoms with Gasteiger partial charge < -0.3 is 20.1 Å². The number of carbonyl (C=O) groups is 2. The van der Waals surface area contributed by atoms with Gasteiger partial charge >= 0.3 is 0 Å². The highest BCUT2D eigenvalue weighted by Crippen LogP contribution is 2.17. The normalized spacial score (nSPS) is 17.8. The Morgan fingerprint density at radius 1 is 0.688 bits per heavy atom. The first-order valence-electron chi connectivity index (χ1n) is 10.8. The number of amides is 2. The summed E-state index contributed by atoms with van der Waals surface area (Å²) >= 11 is 0. The third kappa shape index (κ3) is 6.74. The Kier molecular flexibility index (Phi) is 8.49. The summed E-state index contributed by atoms with van der Waals surface area (Å²) in [4.78, 5) is 25.2. The van der Waals surface area contributed by atoms with Crippen LogP contribution in [0.25, 0.3) is 0 Å². The summed E-state index contributed by atoms with van der Waals surface area (Å²) in [6.45, 7) is 8.50. The first-order chi connectivity index (χ1) is 15.6. The van der Waals surface area contributed by atoms with Crippen LogP contribution in [0.1, 0.15) is 24.0 Å². The first-order valence-corrected chi connectivity index (χ1v) is 10.8. The number of hydrogen-bond donors (Lipinski definition) is 2. The summed E-state index contributed by atoms with van der Waals surface area (Å²) in [6.07, 6.45) is 6.03. The van der Waals surface area contributed by atoms with Crippen LogP contribution in [-0.2, 0) is 22.4 Å². The van der Waals surface area contributed by atoms with E-state index in [0.29, 0.717) is 26.1 Å². The van der Waals surface area contributed by atoms with E-state index in [1.165, 1.54) is 0 Å². The van der Waals surface area contributed by atoms with Gasteiger partial charge in [0.15, 0.2) is 0 Å². The van der Waals surface area contributed by atoms with Crippen LogP contribution in [0.4, 0.5) is 0 Å². The summed E-state index contributed by atoms with van der Waals surface area (Å²) in [5, 5.41) is 5.72. The largest absolute Gasteiger partial charge is 0.493 e. The van der Waals surface area contributed by atoms with Gasteiger partial charge in [0.25, 0.3) is 0 Å². The molecule has 0 saturated carbocycles. The second-order valence-corrected chi connectivity index (χ2v) is 7.67. The fourth-order valence-electron chi connectivity index (χ4n) is 3.40. The lowest BCUT2D eigenvalue weighted by molar-refractivity contribution is -0.136. The molecule has 6 nitrogen and oxygen atoms in total.